The Morgan fingerprint density at radius 2 is 1.47 bits per heavy atom. The number of methoxy groups -OCH3 is 1. The molecule has 5 saturated carbocycles. The summed E-state index contributed by atoms with van der Waals surface area (Å²) in [5.41, 5.74) is 3.66. The number of nitrogens with one attached hydrogen (secondary N) is 1. The summed E-state index contributed by atoms with van der Waals surface area (Å²) in [5.74, 6) is 2.39. The lowest BCUT2D eigenvalue weighted by Gasteiger charge is -2.57. The first-order valence-corrected chi connectivity index (χ1v) is 20.8. The van der Waals surface area contributed by atoms with Gasteiger partial charge in [-0.15, -0.1) is 0 Å². The van der Waals surface area contributed by atoms with Gasteiger partial charge in [0.25, 0.3) is 0 Å². The molecule has 5 aliphatic carbocycles. The number of anilines is 1. The van der Waals surface area contributed by atoms with Crippen molar-refractivity contribution >= 4 is 27.5 Å². The molecule has 0 heterocycles. The van der Waals surface area contributed by atoms with Crippen LogP contribution in [-0.2, 0) is 38.0 Å². The molecule has 1 N–H and O–H groups in total. The van der Waals surface area contributed by atoms with Gasteiger partial charge < -0.3 is 15.0 Å². The smallest absolute Gasteiger partial charge is 0.244 e. The zero-order chi connectivity index (χ0) is 35.6. The Kier molecular flexibility index (Phi) is 10.5. The molecule has 51 heavy (non-hydrogen) atoms. The fraction of sp³-hybridized carbons (Fsp3) is 0.524. The number of ether oxygens (including phenoxy) is 1. The van der Waals surface area contributed by atoms with Gasteiger partial charge in [0.05, 0.1) is 19.1 Å². The Morgan fingerprint density at radius 3 is 2.08 bits per heavy atom. The zero-order valence-corrected chi connectivity index (χ0v) is 31.0. The van der Waals surface area contributed by atoms with Crippen molar-refractivity contribution in [2.75, 3.05) is 24.2 Å². The lowest BCUT2D eigenvalue weighted by Crippen LogP contribution is -2.55. The van der Waals surface area contributed by atoms with Crippen LogP contribution >= 0.6 is 0 Å². The summed E-state index contributed by atoms with van der Waals surface area (Å²) in [6, 6.07) is 24.3. The Hall–Kier alpha value is -3.85. The number of hydrogen-bond donors (Lipinski definition) is 1. The number of amides is 2. The van der Waals surface area contributed by atoms with E-state index in [1.807, 2.05) is 66.7 Å². The second-order valence-corrected chi connectivity index (χ2v) is 17.8. The molecule has 2 amide bonds. The number of hydrogen-bond acceptors (Lipinski definition) is 5. The molecule has 272 valence electrons. The van der Waals surface area contributed by atoms with E-state index in [0.717, 1.165) is 67.2 Å². The van der Waals surface area contributed by atoms with Gasteiger partial charge in [-0.3, -0.25) is 13.9 Å². The number of nitrogens with zero attached hydrogens (tertiary/aromatic N) is 2. The van der Waals surface area contributed by atoms with Crippen molar-refractivity contribution in [3.05, 3.63) is 95.6 Å². The minimum atomic E-state index is -3.85. The zero-order valence-electron chi connectivity index (χ0n) is 30.1. The monoisotopic (exact) mass is 711 g/mol. The van der Waals surface area contributed by atoms with Gasteiger partial charge in [0.2, 0.25) is 21.8 Å². The highest BCUT2D eigenvalue weighted by atomic mass is 32.2. The summed E-state index contributed by atoms with van der Waals surface area (Å²) in [5, 5.41) is 3.27. The van der Waals surface area contributed by atoms with Crippen LogP contribution in [0.4, 0.5) is 5.69 Å². The molecule has 0 unspecified atom stereocenters. The van der Waals surface area contributed by atoms with Gasteiger partial charge in [0, 0.05) is 19.0 Å². The molecule has 4 bridgehead atoms. The van der Waals surface area contributed by atoms with Crippen LogP contribution in [0.5, 0.6) is 5.75 Å². The van der Waals surface area contributed by atoms with E-state index in [1.54, 1.807) is 12.0 Å². The molecular weight excluding hydrogens is 659 g/mol. The molecule has 3 aromatic carbocycles. The molecule has 9 heteroatoms. The van der Waals surface area contributed by atoms with Crippen molar-refractivity contribution in [3.8, 4) is 5.75 Å². The van der Waals surface area contributed by atoms with Crippen molar-refractivity contribution in [2.24, 2.45) is 17.8 Å². The van der Waals surface area contributed by atoms with Crippen LogP contribution in [0.3, 0.4) is 0 Å². The Labute approximate surface area is 304 Å². The summed E-state index contributed by atoms with van der Waals surface area (Å²) in [4.78, 5) is 30.5. The molecular formula is C42H53N3O5S. The van der Waals surface area contributed by atoms with Crippen LogP contribution < -0.4 is 14.4 Å². The average Bonchev–Trinajstić information content (AvgIpc) is 3.12. The lowest BCUT2D eigenvalue weighted by molar-refractivity contribution is -0.140. The molecule has 5 fully saturated rings. The van der Waals surface area contributed by atoms with Crippen LogP contribution in [0.1, 0.15) is 87.3 Å². The van der Waals surface area contributed by atoms with E-state index in [0.29, 0.717) is 17.9 Å². The van der Waals surface area contributed by atoms with E-state index in [4.69, 9.17) is 4.74 Å². The highest BCUT2D eigenvalue weighted by molar-refractivity contribution is 7.92. The fourth-order valence-corrected chi connectivity index (χ4v) is 11.0. The van der Waals surface area contributed by atoms with Crippen LogP contribution in [0.25, 0.3) is 0 Å². The van der Waals surface area contributed by atoms with Gasteiger partial charge in [0.15, 0.2) is 0 Å². The number of benzene rings is 3. The molecule has 0 aliphatic heterocycles. The third kappa shape index (κ3) is 8.14. The first-order valence-electron chi connectivity index (χ1n) is 18.9. The van der Waals surface area contributed by atoms with Crippen molar-refractivity contribution in [1.29, 1.82) is 0 Å². The molecule has 8 rings (SSSR count). The highest BCUT2D eigenvalue weighted by Crippen LogP contribution is 2.60. The third-order valence-corrected chi connectivity index (χ3v) is 13.3. The molecule has 0 aromatic heterocycles. The molecule has 5 aliphatic rings. The first kappa shape index (κ1) is 35.5. The summed E-state index contributed by atoms with van der Waals surface area (Å²) < 4.78 is 33.6. The van der Waals surface area contributed by atoms with E-state index in [9.17, 15) is 18.0 Å². The van der Waals surface area contributed by atoms with Crippen molar-refractivity contribution < 1.29 is 22.7 Å². The van der Waals surface area contributed by atoms with E-state index < -0.39 is 28.5 Å². The maximum absolute atomic E-state index is 14.7. The molecule has 0 saturated heterocycles. The van der Waals surface area contributed by atoms with Gasteiger partial charge in [-0.25, -0.2) is 8.42 Å². The maximum Gasteiger partial charge on any atom is 0.244 e. The van der Waals surface area contributed by atoms with Gasteiger partial charge in [-0.1, -0.05) is 73.9 Å². The molecule has 8 nitrogen and oxygen atoms in total. The highest BCUT2D eigenvalue weighted by Gasteiger charge is 2.51. The van der Waals surface area contributed by atoms with E-state index in [1.165, 1.54) is 48.4 Å². The second-order valence-electron chi connectivity index (χ2n) is 15.9. The SMILES string of the molecule is COc1cccc(CN(C(=O)CN(c2ccc(C34CC5CC(CC(C5)C3)C4)cc2)S(C)(=O)=O)[C@H](Cc2ccccc2)C(=O)NC2CCCCC2)c1. The van der Waals surface area contributed by atoms with Crippen LogP contribution in [0.15, 0.2) is 78.9 Å². The maximum atomic E-state index is 14.7. The first-order chi connectivity index (χ1) is 24.6. The standard InChI is InChI=1S/C42H53N3O5S/c1-50-38-15-9-12-31(23-38)28-44(39(24-30-10-5-3-6-11-30)41(47)43-36-13-7-4-8-14-36)40(46)29-45(51(2,48)49)37-18-16-35(17-19-37)42-25-32-20-33(26-42)22-34(21-32)27-42/h3,5-6,9-12,15-19,23,32-34,36,39H,4,7-8,13-14,20-22,24-29H2,1-2H3,(H,43,47)/t32?,33?,34?,39-,42?/m1/s1. The Balaban J connectivity index is 1.19. The lowest BCUT2D eigenvalue weighted by atomic mass is 9.48. The van der Waals surface area contributed by atoms with Gasteiger partial charge in [0.1, 0.15) is 18.3 Å². The minimum absolute atomic E-state index is 0.0540. The minimum Gasteiger partial charge on any atom is -0.497 e. The predicted octanol–water partition coefficient (Wildman–Crippen LogP) is 7.02. The summed E-state index contributed by atoms with van der Waals surface area (Å²) in [7, 11) is -2.26. The Morgan fingerprint density at radius 1 is 0.843 bits per heavy atom. The average molecular weight is 712 g/mol. The topological polar surface area (TPSA) is 96.0 Å². The van der Waals surface area contributed by atoms with Gasteiger partial charge >= 0.3 is 0 Å². The molecule has 0 radical (unpaired) electrons. The molecule has 1 atom stereocenters. The number of carbonyl (C=O) groups excluding carboxylic acids is 2. The summed E-state index contributed by atoms with van der Waals surface area (Å²) in [6.45, 7) is -0.296. The quantitative estimate of drug-likeness (QED) is 0.206. The summed E-state index contributed by atoms with van der Waals surface area (Å²) in [6.07, 6.45) is 14.3. The summed E-state index contributed by atoms with van der Waals surface area (Å²) >= 11 is 0. The van der Waals surface area contributed by atoms with E-state index in [2.05, 4.69) is 17.4 Å². The fourth-order valence-electron chi connectivity index (χ4n) is 10.1. The van der Waals surface area contributed by atoms with Crippen LogP contribution in [0.2, 0.25) is 0 Å². The molecule has 0 spiro atoms. The normalized spacial score (nSPS) is 24.9. The van der Waals surface area contributed by atoms with E-state index in [-0.39, 0.29) is 23.9 Å². The predicted molar refractivity (Wildman–Crippen MR) is 201 cm³/mol. The number of rotatable bonds is 13. The van der Waals surface area contributed by atoms with Gasteiger partial charge in [-0.05, 0) is 115 Å². The van der Waals surface area contributed by atoms with Crippen molar-refractivity contribution in [1.82, 2.24) is 10.2 Å². The molecule has 3 aromatic rings. The Bertz CT molecular complexity index is 1750. The van der Waals surface area contributed by atoms with Crippen molar-refractivity contribution in [2.45, 2.75) is 101 Å². The van der Waals surface area contributed by atoms with Crippen molar-refractivity contribution in [3.63, 3.8) is 0 Å². The van der Waals surface area contributed by atoms with E-state index >= 15 is 0 Å². The second kappa shape index (κ2) is 15.0. The largest absolute Gasteiger partial charge is 0.497 e. The van der Waals surface area contributed by atoms with Gasteiger partial charge in [-0.2, -0.15) is 0 Å². The number of carbonyl (C=O) groups is 2. The van der Waals surface area contributed by atoms with Crippen LogP contribution in [0, 0.1) is 17.8 Å². The van der Waals surface area contributed by atoms with Crippen LogP contribution in [-0.4, -0.2) is 57.1 Å². The third-order valence-electron chi connectivity index (χ3n) is 12.2. The number of sulfonamides is 1.